The van der Waals surface area contributed by atoms with Crippen molar-refractivity contribution in [2.24, 2.45) is 5.92 Å². The van der Waals surface area contributed by atoms with Gasteiger partial charge in [0.15, 0.2) is 0 Å². The summed E-state index contributed by atoms with van der Waals surface area (Å²) in [5, 5.41) is 0. The highest BCUT2D eigenvalue weighted by atomic mass is 16.5. The van der Waals surface area contributed by atoms with Gasteiger partial charge in [0.25, 0.3) is 0 Å². The van der Waals surface area contributed by atoms with Gasteiger partial charge in [-0.1, -0.05) is 30.0 Å². The Kier molecular flexibility index (Phi) is 3.48. The largest absolute Gasteiger partial charge is 0.496 e. The Morgan fingerprint density at radius 3 is 2.35 bits per heavy atom. The van der Waals surface area contributed by atoms with Crippen molar-refractivity contribution in [2.45, 2.75) is 18.6 Å². The molecule has 4 rings (SSSR count). The Labute approximate surface area is 136 Å². The van der Waals surface area contributed by atoms with Crippen molar-refractivity contribution in [3.8, 4) is 23.3 Å². The Morgan fingerprint density at radius 2 is 1.65 bits per heavy atom. The van der Waals surface area contributed by atoms with Crippen molar-refractivity contribution in [2.75, 3.05) is 14.2 Å². The average molecular weight is 306 g/mol. The minimum absolute atomic E-state index is 0.0312. The predicted octanol–water partition coefficient (Wildman–Crippen LogP) is 3.89. The first-order chi connectivity index (χ1) is 11.3. The van der Waals surface area contributed by atoms with Gasteiger partial charge in [-0.05, 0) is 30.7 Å². The van der Waals surface area contributed by atoms with Gasteiger partial charge in [-0.25, -0.2) is 0 Å². The first-order valence-electron chi connectivity index (χ1n) is 7.78. The van der Waals surface area contributed by atoms with Crippen LogP contribution in [0, 0.1) is 17.8 Å². The molecule has 1 saturated heterocycles. The highest BCUT2D eigenvalue weighted by molar-refractivity contribution is 5.55. The number of methoxy groups -OCH3 is 2. The SMILES string of the molecule is COc1ccc(OC)c2c1C1CC(C#Cc3ccccc3)C2O1. The molecule has 0 aliphatic carbocycles. The standard InChI is InChI=1S/C20H18O3/c1-21-15-10-11-16(22-2)19-18(15)17-12-14(20(19)23-17)9-8-13-6-4-3-5-7-13/h3-7,10-11,14,17,20H,12H2,1-2H3. The molecule has 0 spiro atoms. The Bertz CT molecular complexity index is 786. The Hall–Kier alpha value is -2.44. The summed E-state index contributed by atoms with van der Waals surface area (Å²) in [6.07, 6.45) is 0.924. The highest BCUT2D eigenvalue weighted by Crippen LogP contribution is 2.58. The van der Waals surface area contributed by atoms with Crippen molar-refractivity contribution in [3.05, 3.63) is 59.2 Å². The molecule has 3 heteroatoms. The lowest BCUT2D eigenvalue weighted by Gasteiger charge is -2.21. The smallest absolute Gasteiger partial charge is 0.125 e. The van der Waals surface area contributed by atoms with E-state index in [4.69, 9.17) is 14.2 Å². The van der Waals surface area contributed by atoms with Gasteiger partial charge in [-0.15, -0.1) is 0 Å². The van der Waals surface area contributed by atoms with Gasteiger partial charge in [0.1, 0.15) is 17.6 Å². The molecule has 0 N–H and O–H groups in total. The molecule has 2 aliphatic rings. The third kappa shape index (κ3) is 2.27. The van der Waals surface area contributed by atoms with Crippen LogP contribution in [0.4, 0.5) is 0 Å². The summed E-state index contributed by atoms with van der Waals surface area (Å²) in [4.78, 5) is 0. The summed E-state index contributed by atoms with van der Waals surface area (Å²) >= 11 is 0. The maximum Gasteiger partial charge on any atom is 0.125 e. The molecule has 2 aromatic carbocycles. The third-order valence-electron chi connectivity index (χ3n) is 4.57. The van der Waals surface area contributed by atoms with E-state index in [1.165, 1.54) is 0 Å². The zero-order valence-electron chi connectivity index (χ0n) is 13.2. The second kappa shape index (κ2) is 5.64. The van der Waals surface area contributed by atoms with E-state index in [9.17, 15) is 0 Å². The van der Waals surface area contributed by atoms with E-state index in [-0.39, 0.29) is 18.1 Å². The molecule has 116 valence electrons. The molecule has 2 heterocycles. The maximum atomic E-state index is 6.17. The third-order valence-corrected chi connectivity index (χ3v) is 4.57. The molecule has 0 aromatic heterocycles. The molecule has 23 heavy (non-hydrogen) atoms. The van der Waals surface area contributed by atoms with Crippen molar-refractivity contribution >= 4 is 0 Å². The van der Waals surface area contributed by atoms with Crippen LogP contribution in [0.5, 0.6) is 11.5 Å². The fourth-order valence-electron chi connectivity index (χ4n) is 3.55. The van der Waals surface area contributed by atoms with Crippen molar-refractivity contribution < 1.29 is 14.2 Å². The molecule has 0 radical (unpaired) electrons. The van der Waals surface area contributed by atoms with Gasteiger partial charge in [0, 0.05) is 16.7 Å². The maximum absolute atomic E-state index is 6.17. The van der Waals surface area contributed by atoms with Gasteiger partial charge >= 0.3 is 0 Å². The lowest BCUT2D eigenvalue weighted by molar-refractivity contribution is 0.0641. The molecule has 2 bridgehead atoms. The molecule has 2 aromatic rings. The van der Waals surface area contributed by atoms with Gasteiger partial charge in [-0.2, -0.15) is 0 Å². The molecule has 3 unspecified atom stereocenters. The number of hydrogen-bond acceptors (Lipinski definition) is 3. The quantitative estimate of drug-likeness (QED) is 0.788. The van der Waals surface area contributed by atoms with E-state index >= 15 is 0 Å². The zero-order valence-corrected chi connectivity index (χ0v) is 13.2. The first kappa shape index (κ1) is 14.2. The van der Waals surface area contributed by atoms with E-state index in [2.05, 4.69) is 11.8 Å². The topological polar surface area (TPSA) is 27.7 Å². The minimum atomic E-state index is -0.0312. The number of hydrogen-bond donors (Lipinski definition) is 0. The van der Waals surface area contributed by atoms with Crippen LogP contribution in [0.15, 0.2) is 42.5 Å². The monoisotopic (exact) mass is 306 g/mol. The fraction of sp³-hybridized carbons (Fsp3) is 0.300. The van der Waals surface area contributed by atoms with E-state index < -0.39 is 0 Å². The van der Waals surface area contributed by atoms with Gasteiger partial charge in [0.05, 0.1) is 26.2 Å². The lowest BCUT2D eigenvalue weighted by atomic mass is 9.83. The summed E-state index contributed by atoms with van der Waals surface area (Å²) in [6.45, 7) is 0. The van der Waals surface area contributed by atoms with Crippen LogP contribution in [0.1, 0.15) is 35.3 Å². The molecule has 3 atom stereocenters. The molecule has 3 nitrogen and oxygen atoms in total. The normalized spacial score (nSPS) is 23.8. The van der Waals surface area contributed by atoms with Crippen LogP contribution >= 0.6 is 0 Å². The molecule has 0 saturated carbocycles. The van der Waals surface area contributed by atoms with Gasteiger partial charge in [-0.3, -0.25) is 0 Å². The number of benzene rings is 2. The fourth-order valence-corrected chi connectivity index (χ4v) is 3.55. The van der Waals surface area contributed by atoms with E-state index in [1.807, 2.05) is 42.5 Å². The molecule has 1 fully saturated rings. The Morgan fingerprint density at radius 1 is 0.957 bits per heavy atom. The molecular weight excluding hydrogens is 288 g/mol. The Balaban J connectivity index is 1.70. The molecular formula is C20H18O3. The van der Waals surface area contributed by atoms with Crippen molar-refractivity contribution in [3.63, 3.8) is 0 Å². The summed E-state index contributed by atoms with van der Waals surface area (Å²) < 4.78 is 17.2. The number of fused-ring (bicyclic) bond motifs is 5. The van der Waals surface area contributed by atoms with E-state index in [1.54, 1.807) is 14.2 Å². The van der Waals surface area contributed by atoms with Crippen molar-refractivity contribution in [1.29, 1.82) is 0 Å². The van der Waals surface area contributed by atoms with Gasteiger partial charge in [0.2, 0.25) is 0 Å². The van der Waals surface area contributed by atoms with Crippen LogP contribution in [-0.4, -0.2) is 14.2 Å². The van der Waals surface area contributed by atoms with Gasteiger partial charge < -0.3 is 14.2 Å². The summed E-state index contributed by atoms with van der Waals surface area (Å²) in [5.41, 5.74) is 3.28. The van der Waals surface area contributed by atoms with E-state index in [0.29, 0.717) is 0 Å². The number of rotatable bonds is 2. The summed E-state index contributed by atoms with van der Waals surface area (Å²) in [5.74, 6) is 8.58. The summed E-state index contributed by atoms with van der Waals surface area (Å²) in [6, 6.07) is 14.0. The van der Waals surface area contributed by atoms with Crippen LogP contribution in [-0.2, 0) is 4.74 Å². The van der Waals surface area contributed by atoms with E-state index in [0.717, 1.165) is 34.6 Å². The number of ether oxygens (including phenoxy) is 3. The lowest BCUT2D eigenvalue weighted by Crippen LogP contribution is -2.11. The highest BCUT2D eigenvalue weighted by Gasteiger charge is 2.48. The average Bonchev–Trinajstić information content (AvgIpc) is 3.19. The predicted molar refractivity (Wildman–Crippen MR) is 87.5 cm³/mol. The second-order valence-corrected chi connectivity index (χ2v) is 5.82. The molecule has 2 aliphatic heterocycles. The van der Waals surface area contributed by atoms with Crippen LogP contribution in [0.3, 0.4) is 0 Å². The van der Waals surface area contributed by atoms with Crippen LogP contribution in [0.2, 0.25) is 0 Å². The van der Waals surface area contributed by atoms with Crippen LogP contribution in [0.25, 0.3) is 0 Å². The van der Waals surface area contributed by atoms with Crippen molar-refractivity contribution in [1.82, 2.24) is 0 Å². The second-order valence-electron chi connectivity index (χ2n) is 5.82. The van der Waals surface area contributed by atoms with Crippen LogP contribution < -0.4 is 9.47 Å². The molecule has 0 amide bonds. The first-order valence-corrected chi connectivity index (χ1v) is 7.78. The zero-order chi connectivity index (χ0) is 15.8. The summed E-state index contributed by atoms with van der Waals surface area (Å²) in [7, 11) is 3.39. The minimum Gasteiger partial charge on any atom is -0.496 e.